The Labute approximate surface area is 143 Å². The van der Waals surface area contributed by atoms with E-state index in [0.717, 1.165) is 16.1 Å². The fourth-order valence-electron chi connectivity index (χ4n) is 2.02. The van der Waals surface area contributed by atoms with E-state index in [1.54, 1.807) is 23.1 Å². The Morgan fingerprint density at radius 2 is 1.65 bits per heavy atom. The van der Waals surface area contributed by atoms with Crippen LogP contribution in [0, 0.1) is 0 Å². The number of carbonyl (C=O) groups is 1. The van der Waals surface area contributed by atoms with Crippen LogP contribution in [0.5, 0.6) is 0 Å². The molecule has 0 radical (unpaired) electrons. The maximum Gasteiger partial charge on any atom is 0.256 e. The van der Waals surface area contributed by atoms with E-state index < -0.39 is 0 Å². The summed E-state index contributed by atoms with van der Waals surface area (Å²) >= 11 is 3.13. The van der Waals surface area contributed by atoms with Crippen molar-refractivity contribution in [2.24, 2.45) is 0 Å². The van der Waals surface area contributed by atoms with Crippen molar-refractivity contribution in [2.75, 3.05) is 5.32 Å². The quantitative estimate of drug-likeness (QED) is 0.490. The molecule has 0 atom stereocenters. The van der Waals surface area contributed by atoms with Crippen molar-refractivity contribution < 1.29 is 4.79 Å². The number of anilines is 1. The van der Waals surface area contributed by atoms with Gasteiger partial charge in [-0.15, -0.1) is 0 Å². The van der Waals surface area contributed by atoms with Crippen LogP contribution < -0.4 is 5.32 Å². The summed E-state index contributed by atoms with van der Waals surface area (Å²) in [7, 11) is 0. The molecule has 4 heteroatoms. The molecule has 23 heavy (non-hydrogen) atoms. The molecule has 2 nitrogen and oxygen atoms in total. The van der Waals surface area contributed by atoms with Gasteiger partial charge in [0.15, 0.2) is 0 Å². The van der Waals surface area contributed by atoms with Gasteiger partial charge in [-0.05, 0) is 52.1 Å². The summed E-state index contributed by atoms with van der Waals surface area (Å²) in [5.74, 6) is -0.0990. The molecule has 3 aromatic rings. The molecule has 2 aromatic carbocycles. The van der Waals surface area contributed by atoms with Crippen LogP contribution in [-0.2, 0) is 4.79 Å². The smallest absolute Gasteiger partial charge is 0.256 e. The molecule has 0 saturated carbocycles. The van der Waals surface area contributed by atoms with E-state index in [2.05, 4.69) is 5.32 Å². The van der Waals surface area contributed by atoms with Crippen LogP contribution in [0.3, 0.4) is 0 Å². The fourth-order valence-corrected chi connectivity index (χ4v) is 3.48. The highest BCUT2D eigenvalue weighted by Crippen LogP contribution is 2.27. The average Bonchev–Trinajstić information content (AvgIpc) is 3.11. The van der Waals surface area contributed by atoms with E-state index in [-0.39, 0.29) is 5.91 Å². The minimum atomic E-state index is -0.0990. The van der Waals surface area contributed by atoms with Gasteiger partial charge in [-0.3, -0.25) is 4.79 Å². The summed E-state index contributed by atoms with van der Waals surface area (Å²) in [6.45, 7) is 0. The third-order valence-electron chi connectivity index (χ3n) is 3.16. The highest BCUT2D eigenvalue weighted by Gasteiger charge is 2.13. The molecule has 1 N–H and O–H groups in total. The second-order valence-corrected chi connectivity index (χ2v) is 6.52. The molecule has 0 aliphatic heterocycles. The zero-order chi connectivity index (χ0) is 15.9. The van der Waals surface area contributed by atoms with Crippen LogP contribution >= 0.6 is 23.1 Å². The minimum absolute atomic E-state index is 0.0990. The van der Waals surface area contributed by atoms with Crippen molar-refractivity contribution in [3.8, 4) is 0 Å². The summed E-state index contributed by atoms with van der Waals surface area (Å²) in [5.41, 5.74) is 2.40. The van der Waals surface area contributed by atoms with E-state index >= 15 is 0 Å². The zero-order valence-electron chi connectivity index (χ0n) is 12.3. The Hall–Kier alpha value is -2.30. The molecule has 0 unspecified atom stereocenters. The molecule has 1 heterocycles. The van der Waals surface area contributed by atoms with Gasteiger partial charge < -0.3 is 5.32 Å². The average molecular weight is 337 g/mol. The van der Waals surface area contributed by atoms with Crippen molar-refractivity contribution in [1.29, 1.82) is 0 Å². The standard InChI is InChI=1S/C19H15NOS2/c21-19(20-16-7-3-1-4-8-16)18(15-11-12-22-13-15)14-23-17-9-5-2-6-10-17/h1-14H,(H,20,21)/b18-14+. The van der Waals surface area contributed by atoms with E-state index in [0.29, 0.717) is 5.57 Å². The Kier molecular flexibility index (Phi) is 5.29. The molecule has 3 rings (SSSR count). The normalized spacial score (nSPS) is 11.2. The van der Waals surface area contributed by atoms with Crippen molar-refractivity contribution in [1.82, 2.24) is 0 Å². The second kappa shape index (κ2) is 7.81. The molecule has 1 aromatic heterocycles. The monoisotopic (exact) mass is 337 g/mol. The Balaban J connectivity index is 1.82. The Bertz CT molecular complexity index is 781. The number of hydrogen-bond donors (Lipinski definition) is 1. The molecule has 0 fully saturated rings. The number of para-hydroxylation sites is 1. The molecule has 0 spiro atoms. The van der Waals surface area contributed by atoms with Crippen LogP contribution in [0.15, 0.2) is 87.8 Å². The van der Waals surface area contributed by atoms with Gasteiger partial charge in [0.05, 0.1) is 5.57 Å². The van der Waals surface area contributed by atoms with Gasteiger partial charge in [0.2, 0.25) is 0 Å². The van der Waals surface area contributed by atoms with Crippen molar-refractivity contribution in [2.45, 2.75) is 4.90 Å². The number of rotatable bonds is 5. The van der Waals surface area contributed by atoms with Gasteiger partial charge in [0, 0.05) is 10.6 Å². The first-order valence-electron chi connectivity index (χ1n) is 7.14. The summed E-state index contributed by atoms with van der Waals surface area (Å²) in [6, 6.07) is 21.5. The van der Waals surface area contributed by atoms with E-state index in [4.69, 9.17) is 0 Å². The number of amides is 1. The predicted octanol–water partition coefficient (Wildman–Crippen LogP) is 5.52. The zero-order valence-corrected chi connectivity index (χ0v) is 13.9. The lowest BCUT2D eigenvalue weighted by atomic mass is 10.1. The Morgan fingerprint density at radius 1 is 0.957 bits per heavy atom. The van der Waals surface area contributed by atoms with Gasteiger partial charge in [-0.2, -0.15) is 11.3 Å². The molecular formula is C19H15NOS2. The van der Waals surface area contributed by atoms with Crippen LogP contribution in [0.25, 0.3) is 5.57 Å². The van der Waals surface area contributed by atoms with E-state index in [1.807, 2.05) is 82.9 Å². The second-order valence-electron chi connectivity index (χ2n) is 4.79. The van der Waals surface area contributed by atoms with Gasteiger partial charge >= 0.3 is 0 Å². The largest absolute Gasteiger partial charge is 0.322 e. The molecule has 0 aliphatic carbocycles. The molecule has 114 valence electrons. The third-order valence-corrected chi connectivity index (χ3v) is 4.75. The lowest BCUT2D eigenvalue weighted by molar-refractivity contribution is -0.111. The maximum absolute atomic E-state index is 12.6. The fraction of sp³-hybridized carbons (Fsp3) is 0. The number of nitrogens with one attached hydrogen (secondary N) is 1. The van der Waals surface area contributed by atoms with Crippen LogP contribution in [0.1, 0.15) is 5.56 Å². The number of thiophene rings is 1. The lowest BCUT2D eigenvalue weighted by Gasteiger charge is -2.08. The van der Waals surface area contributed by atoms with Gasteiger partial charge in [0.1, 0.15) is 0 Å². The first kappa shape index (κ1) is 15.6. The van der Waals surface area contributed by atoms with E-state index in [9.17, 15) is 4.79 Å². The number of hydrogen-bond acceptors (Lipinski definition) is 3. The molecule has 0 aliphatic rings. The lowest BCUT2D eigenvalue weighted by Crippen LogP contribution is -2.13. The highest BCUT2D eigenvalue weighted by atomic mass is 32.2. The van der Waals surface area contributed by atoms with E-state index in [1.165, 1.54) is 0 Å². The first-order valence-corrected chi connectivity index (χ1v) is 8.96. The van der Waals surface area contributed by atoms with Crippen molar-refractivity contribution in [3.05, 3.63) is 88.5 Å². The minimum Gasteiger partial charge on any atom is -0.322 e. The third kappa shape index (κ3) is 4.34. The highest BCUT2D eigenvalue weighted by molar-refractivity contribution is 8.02. The molecular weight excluding hydrogens is 322 g/mol. The number of thioether (sulfide) groups is 1. The SMILES string of the molecule is O=C(Nc1ccccc1)/C(=C/Sc1ccccc1)c1ccsc1. The predicted molar refractivity (Wildman–Crippen MR) is 99.7 cm³/mol. The van der Waals surface area contributed by atoms with Crippen LogP contribution in [0.4, 0.5) is 5.69 Å². The topological polar surface area (TPSA) is 29.1 Å². The summed E-state index contributed by atoms with van der Waals surface area (Å²) < 4.78 is 0. The van der Waals surface area contributed by atoms with Gasteiger partial charge in [-0.1, -0.05) is 48.2 Å². The molecule has 0 bridgehead atoms. The number of carbonyl (C=O) groups excluding carboxylic acids is 1. The molecule has 1 amide bonds. The maximum atomic E-state index is 12.6. The van der Waals surface area contributed by atoms with Gasteiger partial charge in [0.25, 0.3) is 5.91 Å². The van der Waals surface area contributed by atoms with Crippen molar-refractivity contribution in [3.63, 3.8) is 0 Å². The summed E-state index contributed by atoms with van der Waals surface area (Å²) in [4.78, 5) is 13.7. The van der Waals surface area contributed by atoms with Crippen LogP contribution in [-0.4, -0.2) is 5.91 Å². The first-order chi connectivity index (χ1) is 11.3. The summed E-state index contributed by atoms with van der Waals surface area (Å²) in [6.07, 6.45) is 0. The van der Waals surface area contributed by atoms with Crippen LogP contribution in [0.2, 0.25) is 0 Å². The summed E-state index contributed by atoms with van der Waals surface area (Å²) in [5, 5.41) is 8.83. The van der Waals surface area contributed by atoms with Crippen molar-refractivity contribution >= 4 is 40.3 Å². The number of benzene rings is 2. The van der Waals surface area contributed by atoms with Gasteiger partial charge in [-0.25, -0.2) is 0 Å². The Morgan fingerprint density at radius 3 is 2.30 bits per heavy atom. The molecule has 0 saturated heterocycles.